The Hall–Kier alpha value is -1.25. The van der Waals surface area contributed by atoms with E-state index in [4.69, 9.17) is 11.6 Å². The van der Waals surface area contributed by atoms with Gasteiger partial charge in [-0.3, -0.25) is 4.79 Å². The molecule has 0 heterocycles. The van der Waals surface area contributed by atoms with Crippen molar-refractivity contribution in [3.05, 3.63) is 59.1 Å². The average molecular weight is 263 g/mol. The lowest BCUT2D eigenvalue weighted by atomic mass is 10.1. The molecule has 0 unspecified atom stereocenters. The summed E-state index contributed by atoms with van der Waals surface area (Å²) in [6.45, 7) is 1.58. The number of hydrogen-bond donors (Lipinski definition) is 0. The van der Waals surface area contributed by atoms with E-state index < -0.39 is 0 Å². The van der Waals surface area contributed by atoms with E-state index in [2.05, 4.69) is 0 Å². The quantitative estimate of drug-likeness (QED) is 0.746. The summed E-state index contributed by atoms with van der Waals surface area (Å²) in [5.41, 5.74) is 0.734. The Balaban J connectivity index is 2.37. The molecule has 0 radical (unpaired) electrons. The molecule has 0 bridgehead atoms. The fraction of sp³-hybridized carbons (Fsp3) is 0.0714. The number of carbonyl (C=O) groups excluding carboxylic acids is 1. The predicted octanol–water partition coefficient (Wildman–Crippen LogP) is 4.69. The van der Waals surface area contributed by atoms with Gasteiger partial charge < -0.3 is 0 Å². The summed E-state index contributed by atoms with van der Waals surface area (Å²) in [4.78, 5) is 13.4. The highest BCUT2D eigenvalue weighted by atomic mass is 35.5. The summed E-state index contributed by atoms with van der Waals surface area (Å²) in [5, 5.41) is 0.704. The molecule has 0 aliphatic heterocycles. The van der Waals surface area contributed by atoms with Crippen LogP contribution < -0.4 is 0 Å². The van der Waals surface area contributed by atoms with Gasteiger partial charge in [0.15, 0.2) is 5.78 Å². The van der Waals surface area contributed by atoms with Gasteiger partial charge in [0.25, 0.3) is 0 Å². The smallest absolute Gasteiger partial charge is 0.160 e. The van der Waals surface area contributed by atoms with Crippen LogP contribution in [0.4, 0.5) is 0 Å². The normalized spacial score (nSPS) is 10.2. The molecular weight excluding hydrogens is 252 g/mol. The van der Waals surface area contributed by atoms with Gasteiger partial charge >= 0.3 is 0 Å². The molecule has 0 fully saturated rings. The van der Waals surface area contributed by atoms with E-state index in [1.165, 1.54) is 11.8 Å². The number of benzene rings is 2. The minimum absolute atomic E-state index is 0.0696. The van der Waals surface area contributed by atoms with E-state index in [9.17, 15) is 4.79 Å². The van der Waals surface area contributed by atoms with Crippen LogP contribution in [0.5, 0.6) is 0 Å². The summed E-state index contributed by atoms with van der Waals surface area (Å²) in [7, 11) is 0. The summed E-state index contributed by atoms with van der Waals surface area (Å²) < 4.78 is 0. The van der Waals surface area contributed by atoms with Crippen molar-refractivity contribution in [2.45, 2.75) is 16.7 Å². The van der Waals surface area contributed by atoms with E-state index in [1.54, 1.807) is 6.92 Å². The molecule has 2 rings (SSSR count). The van der Waals surface area contributed by atoms with E-state index in [1.807, 2.05) is 48.5 Å². The maximum Gasteiger partial charge on any atom is 0.160 e. The fourth-order valence-electron chi connectivity index (χ4n) is 1.49. The van der Waals surface area contributed by atoms with Crippen molar-refractivity contribution >= 4 is 29.1 Å². The zero-order valence-corrected chi connectivity index (χ0v) is 10.9. The van der Waals surface area contributed by atoms with Crippen LogP contribution in [0.2, 0.25) is 5.02 Å². The molecule has 0 aliphatic carbocycles. The minimum Gasteiger partial charge on any atom is -0.294 e. The molecule has 0 aromatic heterocycles. The lowest BCUT2D eigenvalue weighted by Gasteiger charge is -2.07. The molecule has 0 aliphatic rings. The van der Waals surface area contributed by atoms with Gasteiger partial charge in [-0.1, -0.05) is 53.7 Å². The van der Waals surface area contributed by atoms with Crippen molar-refractivity contribution in [3.63, 3.8) is 0 Å². The maximum absolute atomic E-state index is 11.5. The molecule has 2 aromatic rings. The highest BCUT2D eigenvalue weighted by molar-refractivity contribution is 7.99. The monoisotopic (exact) mass is 262 g/mol. The second-order valence-corrected chi connectivity index (χ2v) is 5.08. The Kier molecular flexibility index (Phi) is 3.87. The number of ketones is 1. The second kappa shape index (κ2) is 5.39. The largest absolute Gasteiger partial charge is 0.294 e. The van der Waals surface area contributed by atoms with Gasteiger partial charge in [0.05, 0.1) is 5.02 Å². The molecule has 0 atom stereocenters. The molecule has 1 nitrogen and oxygen atoms in total. The van der Waals surface area contributed by atoms with E-state index in [0.717, 1.165) is 15.4 Å². The van der Waals surface area contributed by atoms with Crippen LogP contribution in [0.3, 0.4) is 0 Å². The predicted molar refractivity (Wildman–Crippen MR) is 72.0 cm³/mol. The van der Waals surface area contributed by atoms with E-state index >= 15 is 0 Å². The van der Waals surface area contributed by atoms with Crippen molar-refractivity contribution in [1.29, 1.82) is 0 Å². The molecule has 0 spiro atoms. The topological polar surface area (TPSA) is 17.1 Å². The standard InChI is InChI=1S/C14H11ClOS/c1-10(16)11-6-2-4-8-13(11)17-14-9-5-3-7-12(14)15/h2-9H,1H3. The first-order chi connectivity index (χ1) is 8.18. The van der Waals surface area contributed by atoms with Crippen molar-refractivity contribution in [3.8, 4) is 0 Å². The Morgan fingerprint density at radius 1 is 1.00 bits per heavy atom. The maximum atomic E-state index is 11.5. The minimum atomic E-state index is 0.0696. The van der Waals surface area contributed by atoms with Crippen molar-refractivity contribution in [1.82, 2.24) is 0 Å². The molecule has 0 N–H and O–H groups in total. The van der Waals surface area contributed by atoms with Crippen LogP contribution in [-0.4, -0.2) is 5.78 Å². The van der Waals surface area contributed by atoms with Crippen LogP contribution in [0.15, 0.2) is 58.3 Å². The van der Waals surface area contributed by atoms with E-state index in [-0.39, 0.29) is 5.78 Å². The van der Waals surface area contributed by atoms with Crippen molar-refractivity contribution < 1.29 is 4.79 Å². The Morgan fingerprint density at radius 2 is 1.59 bits per heavy atom. The summed E-state index contributed by atoms with van der Waals surface area (Å²) in [5.74, 6) is 0.0696. The number of Topliss-reactive ketones (excluding diaryl/α,β-unsaturated/α-hetero) is 1. The van der Waals surface area contributed by atoms with Gasteiger partial charge in [-0.2, -0.15) is 0 Å². The number of rotatable bonds is 3. The third-order valence-corrected chi connectivity index (χ3v) is 3.92. The van der Waals surface area contributed by atoms with Gasteiger partial charge in [-0.15, -0.1) is 0 Å². The molecule has 0 amide bonds. The van der Waals surface area contributed by atoms with Crippen LogP contribution in [-0.2, 0) is 0 Å². The average Bonchev–Trinajstić information content (AvgIpc) is 2.32. The molecule has 0 saturated heterocycles. The van der Waals surface area contributed by atoms with Crippen molar-refractivity contribution in [2.75, 3.05) is 0 Å². The van der Waals surface area contributed by atoms with Crippen LogP contribution >= 0.6 is 23.4 Å². The van der Waals surface area contributed by atoms with Crippen LogP contribution in [0, 0.1) is 0 Å². The number of carbonyl (C=O) groups is 1. The Bertz CT molecular complexity index is 551. The first kappa shape index (κ1) is 12.2. The number of halogens is 1. The third-order valence-electron chi connectivity index (χ3n) is 2.32. The molecule has 86 valence electrons. The van der Waals surface area contributed by atoms with Gasteiger partial charge in [-0.25, -0.2) is 0 Å². The molecule has 2 aromatic carbocycles. The Labute approximate surface area is 110 Å². The van der Waals surface area contributed by atoms with Gasteiger partial charge in [0.1, 0.15) is 0 Å². The number of hydrogen-bond acceptors (Lipinski definition) is 2. The SMILES string of the molecule is CC(=O)c1ccccc1Sc1ccccc1Cl. The zero-order valence-electron chi connectivity index (χ0n) is 9.31. The zero-order chi connectivity index (χ0) is 12.3. The first-order valence-electron chi connectivity index (χ1n) is 5.21. The van der Waals surface area contributed by atoms with Gasteiger partial charge in [0, 0.05) is 15.4 Å². The lowest BCUT2D eigenvalue weighted by molar-refractivity contribution is 0.101. The molecular formula is C14H11ClOS. The van der Waals surface area contributed by atoms with Gasteiger partial charge in [-0.05, 0) is 25.1 Å². The van der Waals surface area contributed by atoms with E-state index in [0.29, 0.717) is 5.02 Å². The summed E-state index contributed by atoms with van der Waals surface area (Å²) >= 11 is 7.62. The highest BCUT2D eigenvalue weighted by Gasteiger charge is 2.09. The third kappa shape index (κ3) is 2.90. The lowest BCUT2D eigenvalue weighted by Crippen LogP contribution is -1.94. The summed E-state index contributed by atoms with van der Waals surface area (Å²) in [6, 6.07) is 15.2. The summed E-state index contributed by atoms with van der Waals surface area (Å²) in [6.07, 6.45) is 0. The highest BCUT2D eigenvalue weighted by Crippen LogP contribution is 2.34. The fourth-order valence-corrected chi connectivity index (χ4v) is 2.76. The first-order valence-corrected chi connectivity index (χ1v) is 6.40. The second-order valence-electron chi connectivity index (χ2n) is 3.58. The van der Waals surface area contributed by atoms with Crippen LogP contribution in [0.25, 0.3) is 0 Å². The molecule has 3 heteroatoms. The molecule has 0 saturated carbocycles. The molecule has 17 heavy (non-hydrogen) atoms. The van der Waals surface area contributed by atoms with Gasteiger partial charge in [0.2, 0.25) is 0 Å². The van der Waals surface area contributed by atoms with Crippen LogP contribution in [0.1, 0.15) is 17.3 Å². The Morgan fingerprint density at radius 3 is 2.24 bits per heavy atom. The van der Waals surface area contributed by atoms with Crippen molar-refractivity contribution in [2.24, 2.45) is 0 Å².